The van der Waals surface area contributed by atoms with Gasteiger partial charge in [-0.3, -0.25) is 4.90 Å². The van der Waals surface area contributed by atoms with Crippen LogP contribution < -0.4 is 0 Å². The van der Waals surface area contributed by atoms with Crippen LogP contribution in [0.5, 0.6) is 0 Å². The summed E-state index contributed by atoms with van der Waals surface area (Å²) in [4.78, 5) is 6.99. The second-order valence-corrected chi connectivity index (χ2v) is 7.19. The Morgan fingerprint density at radius 1 is 1.23 bits per heavy atom. The van der Waals surface area contributed by atoms with Gasteiger partial charge in [-0.15, -0.1) is 0 Å². The van der Waals surface area contributed by atoms with Crippen LogP contribution in [0, 0.1) is 0 Å². The quantitative estimate of drug-likeness (QED) is 0.838. The molecule has 3 rings (SSSR count). The summed E-state index contributed by atoms with van der Waals surface area (Å²) in [6.45, 7) is 7.77. The zero-order valence-electron chi connectivity index (χ0n) is 13.7. The van der Waals surface area contributed by atoms with Crippen molar-refractivity contribution in [1.29, 1.82) is 0 Å². The van der Waals surface area contributed by atoms with Gasteiger partial charge in [-0.05, 0) is 25.0 Å². The highest BCUT2D eigenvalue weighted by Crippen LogP contribution is 2.27. The monoisotopic (exact) mass is 303 g/mol. The average molecular weight is 303 g/mol. The molecule has 0 unspecified atom stereocenters. The summed E-state index contributed by atoms with van der Waals surface area (Å²) in [5.41, 5.74) is -0.107. The van der Waals surface area contributed by atoms with Crippen LogP contribution in [0.15, 0.2) is 27.3 Å². The van der Waals surface area contributed by atoms with Crippen LogP contribution in [0.25, 0.3) is 0 Å². The lowest BCUT2D eigenvalue weighted by Gasteiger charge is -2.26. The van der Waals surface area contributed by atoms with Crippen LogP contribution in [0.1, 0.15) is 63.9 Å². The van der Waals surface area contributed by atoms with E-state index in [4.69, 9.17) is 8.94 Å². The first kappa shape index (κ1) is 15.3. The van der Waals surface area contributed by atoms with Crippen molar-refractivity contribution in [2.75, 3.05) is 0 Å². The maximum Gasteiger partial charge on any atom is 0.232 e. The van der Waals surface area contributed by atoms with E-state index in [0.29, 0.717) is 18.5 Å². The Hall–Kier alpha value is -1.62. The third-order valence-electron chi connectivity index (χ3n) is 4.23. The number of hydrogen-bond donors (Lipinski definition) is 0. The third kappa shape index (κ3) is 3.58. The van der Waals surface area contributed by atoms with Gasteiger partial charge in [-0.1, -0.05) is 38.8 Å². The molecule has 0 aliphatic heterocycles. The van der Waals surface area contributed by atoms with E-state index >= 15 is 0 Å². The van der Waals surface area contributed by atoms with Crippen LogP contribution in [0.4, 0.5) is 0 Å². The van der Waals surface area contributed by atoms with E-state index in [1.54, 1.807) is 6.26 Å². The second-order valence-electron chi connectivity index (χ2n) is 7.19. The highest BCUT2D eigenvalue weighted by molar-refractivity contribution is 5.01. The van der Waals surface area contributed by atoms with Gasteiger partial charge in [0.2, 0.25) is 5.89 Å². The molecular weight excluding hydrogens is 278 g/mol. The summed E-state index contributed by atoms with van der Waals surface area (Å²) in [7, 11) is 0. The van der Waals surface area contributed by atoms with Crippen LogP contribution >= 0.6 is 0 Å². The van der Waals surface area contributed by atoms with E-state index < -0.39 is 0 Å². The number of aromatic nitrogens is 2. The number of rotatable bonds is 5. The molecule has 0 bridgehead atoms. The molecule has 0 radical (unpaired) electrons. The van der Waals surface area contributed by atoms with Crippen molar-refractivity contribution in [3.63, 3.8) is 0 Å². The maximum absolute atomic E-state index is 5.51. The Balaban J connectivity index is 1.73. The van der Waals surface area contributed by atoms with Gasteiger partial charge in [0.05, 0.1) is 19.4 Å². The Kier molecular flexibility index (Phi) is 4.34. The summed E-state index contributed by atoms with van der Waals surface area (Å²) >= 11 is 0. The highest BCUT2D eigenvalue weighted by Gasteiger charge is 2.27. The van der Waals surface area contributed by atoms with Crippen molar-refractivity contribution in [3.8, 4) is 0 Å². The molecule has 1 aliphatic rings. The van der Waals surface area contributed by atoms with Gasteiger partial charge in [0.15, 0.2) is 5.82 Å². The third-order valence-corrected chi connectivity index (χ3v) is 4.23. The fourth-order valence-corrected chi connectivity index (χ4v) is 2.99. The Bertz CT molecular complexity index is 577. The Morgan fingerprint density at radius 3 is 2.59 bits per heavy atom. The molecule has 1 aliphatic carbocycles. The molecule has 0 amide bonds. The molecule has 1 saturated carbocycles. The van der Waals surface area contributed by atoms with Gasteiger partial charge >= 0.3 is 0 Å². The lowest BCUT2D eigenvalue weighted by Crippen LogP contribution is -2.32. The molecule has 5 heteroatoms. The minimum Gasteiger partial charge on any atom is -0.468 e. The number of furan rings is 1. The number of nitrogens with zero attached hydrogens (tertiary/aromatic N) is 3. The Labute approximate surface area is 131 Å². The maximum atomic E-state index is 5.51. The fourth-order valence-electron chi connectivity index (χ4n) is 2.99. The van der Waals surface area contributed by atoms with E-state index in [0.717, 1.165) is 18.1 Å². The molecule has 0 spiro atoms. The second kappa shape index (κ2) is 6.24. The van der Waals surface area contributed by atoms with E-state index in [2.05, 4.69) is 35.8 Å². The van der Waals surface area contributed by atoms with Crippen molar-refractivity contribution in [1.82, 2.24) is 15.0 Å². The molecule has 0 aromatic carbocycles. The molecule has 2 aromatic rings. The topological polar surface area (TPSA) is 55.3 Å². The van der Waals surface area contributed by atoms with E-state index in [-0.39, 0.29) is 5.41 Å². The van der Waals surface area contributed by atoms with Crippen LogP contribution in [-0.2, 0) is 18.5 Å². The Morgan fingerprint density at radius 2 is 2.00 bits per heavy atom. The summed E-state index contributed by atoms with van der Waals surface area (Å²) in [6, 6.07) is 4.55. The van der Waals surface area contributed by atoms with E-state index in [1.807, 2.05) is 12.1 Å². The standard InChI is InChI=1S/C17H25N3O2/c1-17(2,3)16-18-15(19-22-16)12-20(13-7-4-5-8-13)11-14-9-6-10-21-14/h6,9-10,13H,4-5,7-8,11-12H2,1-3H3. The van der Waals surface area contributed by atoms with Gasteiger partial charge in [-0.25, -0.2) is 0 Å². The van der Waals surface area contributed by atoms with Crippen molar-refractivity contribution >= 4 is 0 Å². The van der Waals surface area contributed by atoms with E-state index in [9.17, 15) is 0 Å². The smallest absolute Gasteiger partial charge is 0.232 e. The largest absolute Gasteiger partial charge is 0.468 e. The predicted octanol–water partition coefficient (Wildman–Crippen LogP) is 3.90. The molecule has 2 aromatic heterocycles. The summed E-state index contributed by atoms with van der Waals surface area (Å²) in [6.07, 6.45) is 6.82. The summed E-state index contributed by atoms with van der Waals surface area (Å²) < 4.78 is 10.9. The summed E-state index contributed by atoms with van der Waals surface area (Å²) in [5.74, 6) is 2.46. The van der Waals surface area contributed by atoms with Gasteiger partial charge < -0.3 is 8.94 Å². The molecule has 0 saturated heterocycles. The van der Waals surface area contributed by atoms with Crippen LogP contribution in [0.2, 0.25) is 0 Å². The van der Waals surface area contributed by atoms with Crippen LogP contribution in [-0.4, -0.2) is 21.1 Å². The molecule has 22 heavy (non-hydrogen) atoms. The van der Waals surface area contributed by atoms with Crippen molar-refractivity contribution in [2.45, 2.75) is 71.0 Å². The molecule has 2 heterocycles. The molecule has 0 N–H and O–H groups in total. The average Bonchev–Trinajstić information content (AvgIpc) is 3.20. The summed E-state index contributed by atoms with van der Waals surface area (Å²) in [5, 5.41) is 4.16. The van der Waals surface area contributed by atoms with Crippen molar-refractivity contribution in [2.24, 2.45) is 0 Å². The van der Waals surface area contributed by atoms with Crippen molar-refractivity contribution < 1.29 is 8.94 Å². The first-order chi connectivity index (χ1) is 10.5. The normalized spacial score (nSPS) is 16.7. The molecule has 5 nitrogen and oxygen atoms in total. The minimum absolute atomic E-state index is 0.107. The first-order valence-corrected chi connectivity index (χ1v) is 8.12. The first-order valence-electron chi connectivity index (χ1n) is 8.12. The predicted molar refractivity (Wildman–Crippen MR) is 83.2 cm³/mol. The fraction of sp³-hybridized carbons (Fsp3) is 0.647. The van der Waals surface area contributed by atoms with Crippen LogP contribution in [0.3, 0.4) is 0 Å². The van der Waals surface area contributed by atoms with E-state index in [1.165, 1.54) is 25.7 Å². The van der Waals surface area contributed by atoms with Crippen molar-refractivity contribution in [3.05, 3.63) is 35.9 Å². The molecule has 1 fully saturated rings. The SMILES string of the molecule is CC(C)(C)c1nc(CN(Cc2ccco2)C2CCCC2)no1. The van der Waals surface area contributed by atoms with Gasteiger partial charge in [0.1, 0.15) is 5.76 Å². The van der Waals surface area contributed by atoms with Gasteiger partial charge in [-0.2, -0.15) is 4.98 Å². The zero-order chi connectivity index (χ0) is 15.6. The minimum atomic E-state index is -0.107. The molecule has 120 valence electrons. The zero-order valence-corrected chi connectivity index (χ0v) is 13.7. The lowest BCUT2D eigenvalue weighted by atomic mass is 9.97. The van der Waals surface area contributed by atoms with Gasteiger partial charge in [0, 0.05) is 11.5 Å². The number of hydrogen-bond acceptors (Lipinski definition) is 5. The molecular formula is C17H25N3O2. The van der Waals surface area contributed by atoms with Gasteiger partial charge in [0.25, 0.3) is 0 Å². The molecule has 0 atom stereocenters. The lowest BCUT2D eigenvalue weighted by molar-refractivity contribution is 0.161. The highest BCUT2D eigenvalue weighted by atomic mass is 16.5.